The summed E-state index contributed by atoms with van der Waals surface area (Å²) in [7, 11) is 0. The summed E-state index contributed by atoms with van der Waals surface area (Å²) in [6.07, 6.45) is 4.67. The minimum Gasteiger partial charge on any atom is -0.488 e. The van der Waals surface area contributed by atoms with Gasteiger partial charge in [0.25, 0.3) is 0 Å². The van der Waals surface area contributed by atoms with Crippen molar-refractivity contribution in [1.82, 2.24) is 4.98 Å². The van der Waals surface area contributed by atoms with E-state index in [0.717, 1.165) is 18.8 Å². The Morgan fingerprint density at radius 3 is 2.92 bits per heavy atom. The number of pyridine rings is 1. The molecule has 0 saturated carbocycles. The average molecular weight is 165 g/mol. The molecule has 2 heterocycles. The molecule has 3 heteroatoms. The third kappa shape index (κ3) is 1.74. The SMILES string of the molecule is c1cc(O[C@H]2CCOC2)ccn1. The van der Waals surface area contributed by atoms with Crippen LogP contribution in [0, 0.1) is 0 Å². The van der Waals surface area contributed by atoms with Crippen LogP contribution in [0.3, 0.4) is 0 Å². The van der Waals surface area contributed by atoms with Crippen molar-refractivity contribution in [2.75, 3.05) is 13.2 Å². The van der Waals surface area contributed by atoms with E-state index in [1.165, 1.54) is 0 Å². The van der Waals surface area contributed by atoms with Gasteiger partial charge in [0.1, 0.15) is 11.9 Å². The van der Waals surface area contributed by atoms with Gasteiger partial charge in [0.05, 0.1) is 13.2 Å². The molecule has 1 fully saturated rings. The summed E-state index contributed by atoms with van der Waals surface area (Å²) in [4.78, 5) is 3.91. The van der Waals surface area contributed by atoms with Crippen LogP contribution in [0.4, 0.5) is 0 Å². The van der Waals surface area contributed by atoms with E-state index in [2.05, 4.69) is 4.98 Å². The van der Waals surface area contributed by atoms with E-state index in [0.29, 0.717) is 6.61 Å². The third-order valence-corrected chi connectivity index (χ3v) is 1.84. The summed E-state index contributed by atoms with van der Waals surface area (Å²) in [6.45, 7) is 1.53. The number of hydrogen-bond donors (Lipinski definition) is 0. The van der Waals surface area contributed by atoms with Crippen molar-refractivity contribution in [3.05, 3.63) is 24.5 Å². The quantitative estimate of drug-likeness (QED) is 0.660. The molecule has 0 aliphatic carbocycles. The molecule has 2 rings (SSSR count). The molecule has 0 N–H and O–H groups in total. The molecule has 1 aromatic rings. The van der Waals surface area contributed by atoms with E-state index in [4.69, 9.17) is 9.47 Å². The van der Waals surface area contributed by atoms with E-state index in [9.17, 15) is 0 Å². The van der Waals surface area contributed by atoms with Crippen LogP contribution in [0.15, 0.2) is 24.5 Å². The van der Waals surface area contributed by atoms with Crippen LogP contribution in [-0.4, -0.2) is 24.3 Å². The topological polar surface area (TPSA) is 31.4 Å². The Morgan fingerprint density at radius 1 is 1.42 bits per heavy atom. The molecule has 64 valence electrons. The Labute approximate surface area is 71.3 Å². The van der Waals surface area contributed by atoms with Crippen LogP contribution in [-0.2, 0) is 4.74 Å². The fourth-order valence-electron chi connectivity index (χ4n) is 1.22. The largest absolute Gasteiger partial charge is 0.488 e. The summed E-state index contributed by atoms with van der Waals surface area (Å²) in [5.74, 6) is 0.875. The number of ether oxygens (including phenoxy) is 2. The molecule has 0 radical (unpaired) electrons. The molecule has 1 aliphatic heterocycles. The van der Waals surface area contributed by atoms with Crippen molar-refractivity contribution < 1.29 is 9.47 Å². The van der Waals surface area contributed by atoms with Gasteiger partial charge in [-0.25, -0.2) is 0 Å². The highest BCUT2D eigenvalue weighted by atomic mass is 16.5. The normalized spacial score (nSPS) is 22.5. The Hall–Kier alpha value is -1.09. The second kappa shape index (κ2) is 3.54. The molecular weight excluding hydrogens is 154 g/mol. The summed E-state index contributed by atoms with van der Waals surface area (Å²) >= 11 is 0. The average Bonchev–Trinajstić information content (AvgIpc) is 2.59. The van der Waals surface area contributed by atoms with Crippen LogP contribution < -0.4 is 4.74 Å². The zero-order chi connectivity index (χ0) is 8.23. The predicted octanol–water partition coefficient (Wildman–Crippen LogP) is 1.25. The Kier molecular flexibility index (Phi) is 2.23. The summed E-state index contributed by atoms with van der Waals surface area (Å²) in [5.41, 5.74) is 0. The molecule has 0 unspecified atom stereocenters. The lowest BCUT2D eigenvalue weighted by molar-refractivity contribution is 0.141. The number of rotatable bonds is 2. The van der Waals surface area contributed by atoms with Crippen LogP contribution >= 0.6 is 0 Å². The van der Waals surface area contributed by atoms with Gasteiger partial charge < -0.3 is 9.47 Å². The summed E-state index contributed by atoms with van der Waals surface area (Å²) in [6, 6.07) is 3.72. The highest BCUT2D eigenvalue weighted by Gasteiger charge is 2.16. The lowest BCUT2D eigenvalue weighted by Crippen LogP contribution is -2.15. The van der Waals surface area contributed by atoms with Gasteiger partial charge in [-0.05, 0) is 12.1 Å². The lowest BCUT2D eigenvalue weighted by Gasteiger charge is -2.10. The molecule has 0 amide bonds. The second-order valence-electron chi connectivity index (χ2n) is 2.79. The minimum absolute atomic E-state index is 0.229. The third-order valence-electron chi connectivity index (χ3n) is 1.84. The van der Waals surface area contributed by atoms with Crippen molar-refractivity contribution in [2.24, 2.45) is 0 Å². The second-order valence-corrected chi connectivity index (χ2v) is 2.79. The molecule has 1 aliphatic rings. The minimum atomic E-state index is 0.229. The van der Waals surface area contributed by atoms with Crippen molar-refractivity contribution in [3.63, 3.8) is 0 Å². The van der Waals surface area contributed by atoms with Crippen molar-refractivity contribution >= 4 is 0 Å². The van der Waals surface area contributed by atoms with Crippen LogP contribution in [0.5, 0.6) is 5.75 Å². The molecule has 0 spiro atoms. The zero-order valence-corrected chi connectivity index (χ0v) is 6.77. The summed E-state index contributed by atoms with van der Waals surface area (Å²) in [5, 5.41) is 0. The first-order valence-corrected chi connectivity index (χ1v) is 4.09. The number of hydrogen-bond acceptors (Lipinski definition) is 3. The van der Waals surface area contributed by atoms with Crippen LogP contribution in [0.25, 0.3) is 0 Å². The highest BCUT2D eigenvalue weighted by Crippen LogP contribution is 2.14. The monoisotopic (exact) mass is 165 g/mol. The standard InChI is InChI=1S/C9H11NO2/c1-4-10-5-2-8(1)12-9-3-6-11-7-9/h1-2,4-5,9H,3,6-7H2/t9-/m0/s1. The maximum atomic E-state index is 5.61. The van der Waals surface area contributed by atoms with Crippen LogP contribution in [0.1, 0.15) is 6.42 Å². The van der Waals surface area contributed by atoms with Gasteiger partial charge in [-0.2, -0.15) is 0 Å². The molecule has 12 heavy (non-hydrogen) atoms. The molecule has 1 atom stereocenters. The number of aromatic nitrogens is 1. The maximum Gasteiger partial charge on any atom is 0.124 e. The van der Waals surface area contributed by atoms with Gasteiger partial charge >= 0.3 is 0 Å². The van der Waals surface area contributed by atoms with Gasteiger partial charge in [0.15, 0.2) is 0 Å². The van der Waals surface area contributed by atoms with E-state index < -0.39 is 0 Å². The van der Waals surface area contributed by atoms with Crippen molar-refractivity contribution in [2.45, 2.75) is 12.5 Å². The Balaban J connectivity index is 1.94. The van der Waals surface area contributed by atoms with Crippen molar-refractivity contribution in [1.29, 1.82) is 0 Å². The Morgan fingerprint density at radius 2 is 2.25 bits per heavy atom. The van der Waals surface area contributed by atoms with Crippen molar-refractivity contribution in [3.8, 4) is 5.75 Å². The first kappa shape index (κ1) is 7.55. The smallest absolute Gasteiger partial charge is 0.124 e. The van der Waals surface area contributed by atoms with E-state index in [1.807, 2.05) is 12.1 Å². The number of nitrogens with zero attached hydrogens (tertiary/aromatic N) is 1. The molecule has 0 aromatic carbocycles. The lowest BCUT2D eigenvalue weighted by atomic mass is 10.3. The van der Waals surface area contributed by atoms with Gasteiger partial charge in [-0.15, -0.1) is 0 Å². The van der Waals surface area contributed by atoms with E-state index >= 15 is 0 Å². The zero-order valence-electron chi connectivity index (χ0n) is 6.77. The first-order valence-electron chi connectivity index (χ1n) is 4.09. The Bertz CT molecular complexity index is 232. The van der Waals surface area contributed by atoms with E-state index in [-0.39, 0.29) is 6.10 Å². The summed E-state index contributed by atoms with van der Waals surface area (Å²) < 4.78 is 10.8. The van der Waals surface area contributed by atoms with Gasteiger partial charge in [-0.1, -0.05) is 0 Å². The van der Waals surface area contributed by atoms with Crippen LogP contribution in [0.2, 0.25) is 0 Å². The highest BCUT2D eigenvalue weighted by molar-refractivity contribution is 5.17. The molecular formula is C9H11NO2. The fourth-order valence-corrected chi connectivity index (χ4v) is 1.22. The maximum absolute atomic E-state index is 5.61. The van der Waals surface area contributed by atoms with Gasteiger partial charge in [0.2, 0.25) is 0 Å². The molecule has 3 nitrogen and oxygen atoms in total. The molecule has 1 aromatic heterocycles. The molecule has 0 bridgehead atoms. The molecule has 1 saturated heterocycles. The van der Waals surface area contributed by atoms with E-state index in [1.54, 1.807) is 12.4 Å². The van der Waals surface area contributed by atoms with Gasteiger partial charge in [0, 0.05) is 18.8 Å². The fraction of sp³-hybridized carbons (Fsp3) is 0.444. The predicted molar refractivity (Wildman–Crippen MR) is 44.1 cm³/mol. The first-order chi connectivity index (χ1) is 5.95. The van der Waals surface area contributed by atoms with Gasteiger partial charge in [-0.3, -0.25) is 4.98 Å².